The zero-order chi connectivity index (χ0) is 14.0. The molecule has 0 aliphatic heterocycles. The van der Waals surface area contributed by atoms with E-state index in [9.17, 15) is 0 Å². The molecule has 2 aliphatic carbocycles. The minimum absolute atomic E-state index is 0.934. The first-order chi connectivity index (χ1) is 9.93. The highest BCUT2D eigenvalue weighted by molar-refractivity contribution is 8.76. The molecule has 3 heteroatoms. The first-order valence-corrected chi connectivity index (χ1v) is 10.5. The fourth-order valence-electron chi connectivity index (χ4n) is 3.18. The molecule has 0 aromatic heterocycles. The van der Waals surface area contributed by atoms with Gasteiger partial charge in [0.25, 0.3) is 0 Å². The molecule has 1 radical (unpaired) electrons. The average Bonchev–Trinajstić information content (AvgIpc) is 3.06. The summed E-state index contributed by atoms with van der Waals surface area (Å²) in [4.78, 5) is 0. The van der Waals surface area contributed by atoms with Crippen molar-refractivity contribution < 1.29 is 4.74 Å². The van der Waals surface area contributed by atoms with Gasteiger partial charge in [-0.3, -0.25) is 0 Å². The van der Waals surface area contributed by atoms with Gasteiger partial charge in [-0.25, -0.2) is 0 Å². The first-order valence-electron chi connectivity index (χ1n) is 8.00. The molecule has 2 unspecified atom stereocenters. The van der Waals surface area contributed by atoms with Crippen LogP contribution < -0.4 is 0 Å². The second-order valence-corrected chi connectivity index (χ2v) is 8.38. The summed E-state index contributed by atoms with van der Waals surface area (Å²) in [7, 11) is 3.89. The van der Waals surface area contributed by atoms with Gasteiger partial charge in [0.2, 0.25) is 0 Å². The molecule has 2 atom stereocenters. The van der Waals surface area contributed by atoms with Crippen LogP contribution in [0.5, 0.6) is 0 Å². The van der Waals surface area contributed by atoms with Gasteiger partial charge in [-0.15, -0.1) is 11.8 Å². The topological polar surface area (TPSA) is 9.23 Å². The lowest BCUT2D eigenvalue weighted by Crippen LogP contribution is -2.00. The molecule has 2 rings (SSSR count). The van der Waals surface area contributed by atoms with Gasteiger partial charge in [0.1, 0.15) is 0 Å². The van der Waals surface area contributed by atoms with Gasteiger partial charge >= 0.3 is 0 Å². The van der Waals surface area contributed by atoms with Gasteiger partial charge in [0, 0.05) is 37.6 Å². The number of rotatable bonds is 10. The Balaban J connectivity index is 1.41. The quantitative estimate of drug-likeness (QED) is 0.325. The number of fused-ring (bicyclic) bond motifs is 1. The molecule has 1 fully saturated rings. The summed E-state index contributed by atoms with van der Waals surface area (Å²) >= 11 is 0. The van der Waals surface area contributed by atoms with Crippen LogP contribution in [0.3, 0.4) is 0 Å². The van der Waals surface area contributed by atoms with Crippen molar-refractivity contribution >= 4 is 21.6 Å². The SMILES string of the molecule is [CH2]CCSSCCCOCCC1C2CCC#CCCC21. The molecule has 0 amide bonds. The van der Waals surface area contributed by atoms with Crippen LogP contribution >= 0.6 is 21.6 Å². The smallest absolute Gasteiger partial charge is 0.0474 e. The Bertz CT molecular complexity index is 303. The minimum Gasteiger partial charge on any atom is -0.381 e. The molecule has 113 valence electrons. The van der Waals surface area contributed by atoms with Crippen molar-refractivity contribution in [1.29, 1.82) is 0 Å². The van der Waals surface area contributed by atoms with Gasteiger partial charge in [-0.2, -0.15) is 0 Å². The van der Waals surface area contributed by atoms with Crippen LogP contribution in [0.2, 0.25) is 0 Å². The molecule has 0 spiro atoms. The van der Waals surface area contributed by atoms with E-state index in [1.807, 2.05) is 21.6 Å². The Kier molecular flexibility index (Phi) is 8.32. The number of ether oxygens (including phenoxy) is 1. The second kappa shape index (κ2) is 10.0. The molecule has 20 heavy (non-hydrogen) atoms. The van der Waals surface area contributed by atoms with Crippen molar-refractivity contribution in [3.05, 3.63) is 6.92 Å². The van der Waals surface area contributed by atoms with Crippen LogP contribution in [-0.2, 0) is 4.74 Å². The molecule has 0 heterocycles. The van der Waals surface area contributed by atoms with Crippen LogP contribution in [0.1, 0.15) is 44.9 Å². The fraction of sp³-hybridized carbons (Fsp3) is 0.824. The van der Waals surface area contributed by atoms with E-state index in [4.69, 9.17) is 4.74 Å². The van der Waals surface area contributed by atoms with Crippen molar-refractivity contribution in [2.45, 2.75) is 44.9 Å². The standard InChI is InChI=1S/C17H27OS2/c1-2-13-19-20-14-7-11-18-12-10-17-15-8-5-3-4-6-9-16(15)17/h15-17H,1-2,5-14H2. The van der Waals surface area contributed by atoms with Crippen LogP contribution in [0.15, 0.2) is 0 Å². The molecular weight excluding hydrogens is 284 g/mol. The molecule has 0 saturated heterocycles. The number of hydrogen-bond acceptors (Lipinski definition) is 3. The Morgan fingerprint density at radius 3 is 2.40 bits per heavy atom. The molecule has 0 N–H and O–H groups in total. The maximum atomic E-state index is 5.79. The zero-order valence-corrected chi connectivity index (χ0v) is 14.1. The van der Waals surface area contributed by atoms with Crippen molar-refractivity contribution in [3.8, 4) is 11.8 Å². The monoisotopic (exact) mass is 311 g/mol. The summed E-state index contributed by atoms with van der Waals surface area (Å²) in [5.41, 5.74) is 0. The van der Waals surface area contributed by atoms with E-state index in [2.05, 4.69) is 18.8 Å². The summed E-state index contributed by atoms with van der Waals surface area (Å²) in [5.74, 6) is 11.8. The molecule has 1 saturated carbocycles. The average molecular weight is 312 g/mol. The lowest BCUT2D eigenvalue weighted by molar-refractivity contribution is 0.127. The molecular formula is C17H27OS2. The van der Waals surface area contributed by atoms with Gasteiger partial charge in [0.05, 0.1) is 0 Å². The summed E-state index contributed by atoms with van der Waals surface area (Å²) in [6.07, 6.45) is 8.41. The molecule has 0 bridgehead atoms. The van der Waals surface area contributed by atoms with E-state index < -0.39 is 0 Å². The predicted octanol–water partition coefficient (Wildman–Crippen LogP) is 4.83. The van der Waals surface area contributed by atoms with Gasteiger partial charge < -0.3 is 4.74 Å². The fourth-order valence-corrected chi connectivity index (χ4v) is 5.18. The third kappa shape index (κ3) is 5.92. The van der Waals surface area contributed by atoms with E-state index in [0.717, 1.165) is 50.2 Å². The Hall–Kier alpha value is 0.220. The third-order valence-electron chi connectivity index (χ3n) is 4.26. The Morgan fingerprint density at radius 2 is 1.70 bits per heavy atom. The van der Waals surface area contributed by atoms with Crippen molar-refractivity contribution in [3.63, 3.8) is 0 Å². The number of hydrogen-bond donors (Lipinski definition) is 0. The predicted molar refractivity (Wildman–Crippen MR) is 91.7 cm³/mol. The third-order valence-corrected chi connectivity index (χ3v) is 6.84. The summed E-state index contributed by atoms with van der Waals surface area (Å²) in [6.45, 7) is 5.74. The summed E-state index contributed by atoms with van der Waals surface area (Å²) in [6, 6.07) is 0. The van der Waals surface area contributed by atoms with Crippen LogP contribution in [0, 0.1) is 36.5 Å². The van der Waals surface area contributed by atoms with Crippen LogP contribution in [0.25, 0.3) is 0 Å². The van der Waals surface area contributed by atoms with Crippen LogP contribution in [0.4, 0.5) is 0 Å². The van der Waals surface area contributed by atoms with E-state index in [1.54, 1.807) is 0 Å². The highest BCUT2D eigenvalue weighted by Crippen LogP contribution is 2.54. The highest BCUT2D eigenvalue weighted by atomic mass is 33.1. The summed E-state index contributed by atoms with van der Waals surface area (Å²) in [5, 5.41) is 0. The molecule has 0 aromatic rings. The minimum atomic E-state index is 0.934. The Labute approximate surface area is 132 Å². The van der Waals surface area contributed by atoms with Crippen molar-refractivity contribution in [2.75, 3.05) is 24.7 Å². The zero-order valence-electron chi connectivity index (χ0n) is 12.4. The molecule has 2 aliphatic rings. The Morgan fingerprint density at radius 1 is 1.00 bits per heavy atom. The van der Waals surface area contributed by atoms with E-state index in [-0.39, 0.29) is 0 Å². The first kappa shape index (κ1) is 16.6. The molecule has 0 aromatic carbocycles. The van der Waals surface area contributed by atoms with E-state index in [0.29, 0.717) is 0 Å². The maximum absolute atomic E-state index is 5.79. The van der Waals surface area contributed by atoms with Gasteiger partial charge in [-0.1, -0.05) is 28.5 Å². The van der Waals surface area contributed by atoms with Gasteiger partial charge in [-0.05, 0) is 49.9 Å². The van der Waals surface area contributed by atoms with Crippen LogP contribution in [-0.4, -0.2) is 24.7 Å². The normalized spacial score (nSPS) is 27.9. The van der Waals surface area contributed by atoms with Gasteiger partial charge in [0.15, 0.2) is 0 Å². The largest absolute Gasteiger partial charge is 0.381 e. The van der Waals surface area contributed by atoms with Crippen molar-refractivity contribution in [1.82, 2.24) is 0 Å². The lowest BCUT2D eigenvalue weighted by atomic mass is 10.1. The van der Waals surface area contributed by atoms with E-state index >= 15 is 0 Å². The van der Waals surface area contributed by atoms with E-state index in [1.165, 1.54) is 37.2 Å². The molecule has 1 nitrogen and oxygen atoms in total. The second-order valence-electron chi connectivity index (χ2n) is 5.67. The highest BCUT2D eigenvalue weighted by Gasteiger charge is 2.47. The summed E-state index contributed by atoms with van der Waals surface area (Å²) < 4.78 is 5.79. The maximum Gasteiger partial charge on any atom is 0.0474 e. The van der Waals surface area contributed by atoms with Crippen molar-refractivity contribution in [2.24, 2.45) is 17.8 Å². The lowest BCUT2D eigenvalue weighted by Gasteiger charge is -2.04.